The number of benzene rings is 6. The number of rotatable bonds is 22. The molecule has 49 heteroatoms. The molecule has 0 bridgehead atoms. The minimum absolute atomic E-state index is 0.000486. The number of hydrogen-bond acceptors (Lipinski definition) is 45. The van der Waals surface area contributed by atoms with Gasteiger partial charge in [0.2, 0.25) is 29.2 Å². The van der Waals surface area contributed by atoms with Gasteiger partial charge in [0.1, 0.15) is 101 Å². The number of ketones is 9. The summed E-state index contributed by atoms with van der Waals surface area (Å²) < 4.78 is 55.2. The molecule has 149 heavy (non-hydrogen) atoms. The van der Waals surface area contributed by atoms with Crippen molar-refractivity contribution in [3.63, 3.8) is 0 Å². The zero-order valence-electron chi connectivity index (χ0n) is 81.8. The van der Waals surface area contributed by atoms with Crippen LogP contribution in [0.4, 0.5) is 11.9 Å². The van der Waals surface area contributed by atoms with E-state index in [0.717, 1.165) is 0 Å². The van der Waals surface area contributed by atoms with Crippen LogP contribution < -0.4 is 47.4 Å². The van der Waals surface area contributed by atoms with E-state index in [-0.39, 0.29) is 145 Å². The van der Waals surface area contributed by atoms with Crippen molar-refractivity contribution in [1.82, 2.24) is 44.4 Å². The number of aliphatic imine (C=N–C) groups is 1. The fourth-order valence-corrected chi connectivity index (χ4v) is 20.5. The number of anilines is 2. The number of imidazole rings is 2. The maximum Gasteiger partial charge on any atom is 0.280 e. The van der Waals surface area contributed by atoms with Crippen LogP contribution in [0.25, 0.3) is 22.3 Å². The van der Waals surface area contributed by atoms with E-state index in [9.17, 15) is 129 Å². The van der Waals surface area contributed by atoms with Crippen LogP contribution in [0, 0.1) is 0 Å². The lowest BCUT2D eigenvalue weighted by molar-refractivity contribution is -0.249. The molecule has 18 atom stereocenters. The SMILES string of the molecule is C=NC1CC(O[C@H]2C[C@](O)(C(=O)CO)Cc3c(O)c4c(c(O)c32)C(=O)c2c(OC)cccc2C4=O)OC(C)C1O.C=O.CC(C)n1cnc2c(=O)[nH]c(N)nc21.COc1cccc2c1C(=O)c1c(O)c3c(c(O)c1C2=O)C[C@@](O)(C(=O)CO)C[C@@H]3OC1CC(N)C(O)C(C)O1.COc1cccc2c1C(=O)c1c(O)c3c(c(O)c1C2=O)C[C@@](O)(C(=O)CO)C[C@@H]3OC1CC(NCNc2nc3c(ncn3C(C)C)c(=O)[nH]2)C(O)C(C)O1. The van der Waals surface area contributed by atoms with E-state index < -0.39 is 293 Å². The number of methoxy groups -OCH3 is 3. The van der Waals surface area contributed by atoms with Gasteiger partial charge in [0.25, 0.3) is 11.1 Å². The smallest absolute Gasteiger partial charge is 0.280 e. The topological polar surface area (TPSA) is 773 Å². The first-order valence-corrected chi connectivity index (χ1v) is 47.0. The summed E-state index contributed by atoms with van der Waals surface area (Å²) in [5.74, 6) is -11.2. The molecule has 792 valence electrons. The molecule has 4 aromatic heterocycles. The van der Waals surface area contributed by atoms with Crippen LogP contribution in [0.15, 0.2) is 81.8 Å². The first-order valence-electron chi connectivity index (χ1n) is 47.0. The Kier molecular flexibility index (Phi) is 31.1. The molecule has 0 saturated carbocycles. The number of aliphatic hydroxyl groups is 9. The third-order valence-corrected chi connectivity index (χ3v) is 28.1. The number of nitrogen functional groups attached to an aromatic ring is 1. The van der Waals surface area contributed by atoms with Crippen LogP contribution in [0.3, 0.4) is 0 Å². The van der Waals surface area contributed by atoms with E-state index in [2.05, 4.69) is 52.2 Å². The Labute approximate surface area is 844 Å². The molecule has 6 aliphatic carbocycles. The Balaban J connectivity index is 0.000000157. The normalized spacial score (nSPS) is 25.8. The number of Topliss-reactive ketones (excluding diaryl/α,β-unsaturated/α-hetero) is 3. The number of aromatic nitrogens is 8. The van der Waals surface area contributed by atoms with Gasteiger partial charge in [0.05, 0.1) is 146 Å². The predicted octanol–water partition coefficient (Wildman–Crippen LogP) is 1.56. The summed E-state index contributed by atoms with van der Waals surface area (Å²) >= 11 is 0. The van der Waals surface area contributed by atoms with Gasteiger partial charge in [0.15, 0.2) is 75.9 Å². The standard InChI is InChI=1S/C36H40N6O12.C28H29NO11.C27H29NO11.C8H11N5O.CH2O/c1-14(2)42-13-39-27-33(42)40-35(41-34(27)50)38-12-37-18-8-22(53-15(3)28(18)45)54-20-10-36(51,21(44)11-43)9-17-24(20)32(49)26-25(30(17)47)29(46)16-6-5-7-19(52-4)23(16)31(26)48;1-11-23(32)14(29-2)7-18(39-11)40-16-9-28(37,17(31)10-30)8-13-20(16)27(36)22-21(25(13)34)24(33)12-5-4-6-15(38-3)19(12)26(22)35;1-10-22(31)13(28)6-17(38-10)39-15-8-27(36,16(30)9-29)7-12-19(15)26(35)21-20(24(12)33)23(32)11-4-3-5-14(37-2)18(11)25(21)34;1-4(2)13-3-10-5-6(13)11-8(9)12-7(5)14;1-2/h5-7,13-15,18,20,22,28,37,43,45,47,49,51H,8-12H2,1-4H3,(H2,38,40,41,50);4-6,11,14,16,18,23,30,32,34,36-37H,2,7-10H2,1,3H3;3-5,10,13,15,17,22,29,31,33,35-36H,6-9,28H2,1-2H3;3-4H,1-2H3,(H3,9,11,12,14);1H2/t15?,18?,20-,22?,28?,36-;11?,14?,16-,18?,23?,28-;10?,13?,15-,17?,22?,27-;;/m000../s1. The number of carbonyl (C=O) groups excluding carboxylic acids is 10. The van der Waals surface area contributed by atoms with Crippen molar-refractivity contribution in [3.8, 4) is 51.7 Å². The monoisotopic (exact) mass is 2070 g/mol. The van der Waals surface area contributed by atoms with Gasteiger partial charge >= 0.3 is 0 Å². The van der Waals surface area contributed by atoms with Crippen LogP contribution >= 0.6 is 0 Å². The summed E-state index contributed by atoms with van der Waals surface area (Å²) in [4.78, 5) is 178. The van der Waals surface area contributed by atoms with Gasteiger partial charge in [-0.3, -0.25) is 73.0 Å². The van der Waals surface area contributed by atoms with E-state index in [1.54, 1.807) is 36.2 Å². The van der Waals surface area contributed by atoms with Crippen molar-refractivity contribution in [1.29, 1.82) is 0 Å². The minimum Gasteiger partial charge on any atom is -0.507 e. The molecule has 12 unspecified atom stereocenters. The van der Waals surface area contributed by atoms with E-state index >= 15 is 0 Å². The number of fused-ring (bicyclic) bond motifs is 11. The zero-order chi connectivity index (χ0) is 109. The first kappa shape index (κ1) is 109. The molecule has 10 aromatic rings. The number of H-pyrrole nitrogens is 2. The highest BCUT2D eigenvalue weighted by molar-refractivity contribution is 6.34. The Morgan fingerprint density at radius 2 is 0.826 bits per heavy atom. The van der Waals surface area contributed by atoms with Gasteiger partial charge in [0, 0.05) is 132 Å². The van der Waals surface area contributed by atoms with E-state index in [1.807, 2.05) is 34.5 Å². The minimum atomic E-state index is -2.31. The molecular weight excluding hydrogens is 1960 g/mol. The maximum absolute atomic E-state index is 13.9. The number of aliphatic hydroxyl groups excluding tert-OH is 6. The van der Waals surface area contributed by atoms with Crippen molar-refractivity contribution in [2.24, 2.45) is 10.7 Å². The van der Waals surface area contributed by atoms with Crippen LogP contribution in [-0.4, -0.2) is 319 Å². The van der Waals surface area contributed by atoms with Gasteiger partial charge in [-0.1, -0.05) is 36.4 Å². The maximum atomic E-state index is 13.9. The van der Waals surface area contributed by atoms with Crippen molar-refractivity contribution >= 4 is 99.8 Å². The highest BCUT2D eigenvalue weighted by Crippen LogP contribution is 2.58. The van der Waals surface area contributed by atoms with Crippen LogP contribution in [0.1, 0.15) is 246 Å². The number of aromatic hydroxyl groups is 6. The fourth-order valence-electron chi connectivity index (χ4n) is 20.5. The molecule has 19 rings (SSSR count). The van der Waals surface area contributed by atoms with Crippen LogP contribution in [0.5, 0.6) is 51.7 Å². The lowest BCUT2D eigenvalue weighted by Crippen LogP contribution is -2.55. The Hall–Kier alpha value is -14.5. The third-order valence-electron chi connectivity index (χ3n) is 28.1. The largest absolute Gasteiger partial charge is 0.507 e. The number of nitrogens with one attached hydrogen (secondary N) is 4. The quantitative estimate of drug-likeness (QED) is 0.0260. The Morgan fingerprint density at radius 1 is 0.490 bits per heavy atom. The summed E-state index contributed by atoms with van der Waals surface area (Å²) in [6.45, 7) is 15.0. The van der Waals surface area contributed by atoms with Crippen molar-refractivity contribution in [2.75, 3.05) is 58.9 Å². The molecule has 23 N–H and O–H groups in total. The van der Waals surface area contributed by atoms with Gasteiger partial charge in [-0.25, -0.2) is 9.97 Å². The summed E-state index contributed by atoms with van der Waals surface area (Å²) in [6.07, 6.45) is -12.7. The molecule has 3 fully saturated rings. The molecule has 0 spiro atoms. The molecular formula is C100H111N13O36. The van der Waals surface area contributed by atoms with Crippen molar-refractivity contribution < 1.29 is 167 Å². The van der Waals surface area contributed by atoms with Crippen molar-refractivity contribution in [3.05, 3.63) is 188 Å². The molecule has 3 saturated heterocycles. The molecule has 9 aliphatic rings. The molecule has 6 aromatic carbocycles. The highest BCUT2D eigenvalue weighted by atomic mass is 16.7. The number of phenols is 6. The molecule has 0 radical (unpaired) electrons. The number of phenolic OH excluding ortho intramolecular Hbond substituents is 6. The predicted molar refractivity (Wildman–Crippen MR) is 517 cm³/mol. The number of hydrogen-bond donors (Lipinski definition) is 21. The lowest BCUT2D eigenvalue weighted by Gasteiger charge is -2.43. The third kappa shape index (κ3) is 19.3. The van der Waals surface area contributed by atoms with Crippen LogP contribution in [-0.2, 0) is 66.9 Å². The van der Waals surface area contributed by atoms with E-state index in [0.29, 0.717) is 16.8 Å². The number of aromatic amines is 2. The summed E-state index contributed by atoms with van der Waals surface area (Å²) in [5, 5.41) is 170. The summed E-state index contributed by atoms with van der Waals surface area (Å²) in [5.41, 5.74) is 0.987. The molecule has 3 aliphatic heterocycles. The first-order chi connectivity index (χ1) is 70.7. The average molecular weight is 2070 g/mol. The van der Waals surface area contributed by atoms with E-state index in [4.69, 9.17) is 58.9 Å². The van der Waals surface area contributed by atoms with Gasteiger partial charge in [-0.2, -0.15) is 9.97 Å². The Morgan fingerprint density at radius 3 is 1.17 bits per heavy atom. The summed E-state index contributed by atoms with van der Waals surface area (Å²) in [7, 11) is 3.96. The second-order valence-corrected chi connectivity index (χ2v) is 37.8. The highest BCUT2D eigenvalue weighted by Gasteiger charge is 2.56. The second kappa shape index (κ2) is 42.6. The molecule has 7 heterocycles. The average Bonchev–Trinajstić information content (AvgIpc) is 1.03. The zero-order valence-corrected chi connectivity index (χ0v) is 81.8. The number of ether oxygens (including phenoxy) is 9. The molecule has 49 nitrogen and oxygen atoms in total. The lowest BCUT2D eigenvalue weighted by atomic mass is 9.72. The van der Waals surface area contributed by atoms with Gasteiger partial charge in [-0.15, -0.1) is 0 Å². The fraction of sp³-hybridized carbons (Fsp3) is 0.430. The van der Waals surface area contributed by atoms with Gasteiger partial charge in [-0.05, 0) is 73.4 Å². The summed E-state index contributed by atoms with van der Waals surface area (Å²) in [6, 6.07) is 11.2. The number of nitrogens with two attached hydrogens (primary N) is 2. The van der Waals surface area contributed by atoms with Gasteiger partial charge < -0.3 is 150 Å². The number of carbonyl (C=O) groups is 10. The number of nitrogens with zero attached hydrogens (tertiary/aromatic N) is 7. The Bertz CT molecular complexity index is 7210. The van der Waals surface area contributed by atoms with E-state index in [1.165, 1.54) is 82.3 Å². The van der Waals surface area contributed by atoms with Crippen LogP contribution in [0.2, 0.25) is 0 Å². The molecule has 0 amide bonds. The van der Waals surface area contributed by atoms with Crippen molar-refractivity contribution in [2.45, 2.75) is 227 Å². The second-order valence-electron chi connectivity index (χ2n) is 37.8.